The number of nitrogens with zero attached hydrogens (tertiary/aromatic N) is 1. The van der Waals surface area contributed by atoms with E-state index in [9.17, 15) is 0 Å². The number of rotatable bonds is 1. The highest BCUT2D eigenvalue weighted by molar-refractivity contribution is 14.1. The molecule has 2 aliphatic rings. The maximum atomic E-state index is 5.76. The summed E-state index contributed by atoms with van der Waals surface area (Å²) in [4.78, 5) is 2.44. The van der Waals surface area contributed by atoms with Crippen LogP contribution in [0.4, 0.5) is 0 Å². The van der Waals surface area contributed by atoms with Gasteiger partial charge in [-0.3, -0.25) is 4.90 Å². The van der Waals surface area contributed by atoms with Crippen LogP contribution in [0.5, 0.6) is 0 Å². The summed E-state index contributed by atoms with van der Waals surface area (Å²) in [5, 5.41) is 3.42. The molecule has 0 radical (unpaired) electrons. The average molecular weight is 306 g/mol. The molecular weight excluding hydrogens is 291 g/mol. The van der Waals surface area contributed by atoms with Gasteiger partial charge in [0.1, 0.15) is 0 Å². The Hall–Kier alpha value is 0.170. The molecule has 2 heterocycles. The Kier molecular flexibility index (Phi) is 4.05. The second-order valence-electron chi connectivity index (χ2n) is 3.71. The second-order valence-corrected chi connectivity index (χ2v) is 4.25. The molecule has 0 aromatic rings. The summed E-state index contributed by atoms with van der Waals surface area (Å²) in [7, 11) is 0. The first kappa shape index (κ1) is 10.7. The smallest absolute Gasteiger partial charge is 0.0755 e. The topological polar surface area (TPSA) is 24.5 Å². The van der Waals surface area contributed by atoms with E-state index in [-0.39, 0.29) is 0 Å². The molecule has 1 N–H and O–H groups in total. The van der Waals surface area contributed by atoms with Gasteiger partial charge in [-0.05, 0) is 16.9 Å². The van der Waals surface area contributed by atoms with Crippen LogP contribution in [0.1, 0.15) is 6.42 Å². The van der Waals surface area contributed by atoms with Crippen molar-refractivity contribution in [2.24, 2.45) is 0 Å². The molecule has 0 aromatic heterocycles. The summed E-state index contributed by atoms with van der Waals surface area (Å²) in [6, 6.07) is 0.537. The first-order chi connectivity index (χ1) is 6.92. The molecule has 0 saturated carbocycles. The molecule has 0 bridgehead atoms. The zero-order valence-electron chi connectivity index (χ0n) is 8.13. The van der Waals surface area contributed by atoms with Crippen LogP contribution >= 0.6 is 22.6 Å². The van der Waals surface area contributed by atoms with Crippen molar-refractivity contribution >= 4 is 22.6 Å². The Morgan fingerprint density at radius 3 is 3.36 bits per heavy atom. The van der Waals surface area contributed by atoms with Crippen molar-refractivity contribution in [1.29, 1.82) is 0 Å². The number of piperidine rings is 1. The van der Waals surface area contributed by atoms with E-state index in [0.717, 1.165) is 39.2 Å². The number of ether oxygens (including phenoxy) is 1. The van der Waals surface area contributed by atoms with Crippen molar-refractivity contribution in [1.82, 2.24) is 10.2 Å². The Bertz CT molecular complexity index is 246. The quantitative estimate of drug-likeness (QED) is 0.562. The zero-order chi connectivity index (χ0) is 9.80. The van der Waals surface area contributed by atoms with E-state index in [1.54, 1.807) is 0 Å². The number of morpholine rings is 1. The van der Waals surface area contributed by atoms with Crippen LogP contribution in [0.15, 0.2) is 0 Å². The Morgan fingerprint density at radius 1 is 1.57 bits per heavy atom. The predicted molar refractivity (Wildman–Crippen MR) is 64.4 cm³/mol. The van der Waals surface area contributed by atoms with Crippen molar-refractivity contribution < 1.29 is 4.74 Å². The fourth-order valence-corrected chi connectivity index (χ4v) is 2.36. The maximum absolute atomic E-state index is 5.76. The monoisotopic (exact) mass is 306 g/mol. The van der Waals surface area contributed by atoms with Gasteiger partial charge in [-0.2, -0.15) is 0 Å². The third-order valence-corrected chi connectivity index (χ3v) is 3.30. The molecule has 0 aromatic carbocycles. The normalized spacial score (nSPS) is 32.9. The Balaban J connectivity index is 1.96. The van der Waals surface area contributed by atoms with Gasteiger partial charge in [0.15, 0.2) is 0 Å². The SMILES string of the molecule is IC#CCN1CCOC2CCNCC21. The molecule has 14 heavy (non-hydrogen) atoms. The van der Waals surface area contributed by atoms with E-state index in [1.165, 1.54) is 0 Å². The predicted octanol–water partition coefficient (Wildman–Crippen LogP) is 0.445. The third-order valence-electron chi connectivity index (χ3n) is 2.92. The van der Waals surface area contributed by atoms with Crippen LogP contribution in [-0.2, 0) is 4.74 Å². The summed E-state index contributed by atoms with van der Waals surface area (Å²) in [5.41, 5.74) is 0. The summed E-state index contributed by atoms with van der Waals surface area (Å²) in [6.45, 7) is 4.91. The second kappa shape index (κ2) is 5.31. The van der Waals surface area contributed by atoms with Crippen LogP contribution < -0.4 is 5.32 Å². The van der Waals surface area contributed by atoms with Gasteiger partial charge < -0.3 is 10.1 Å². The van der Waals surface area contributed by atoms with Crippen molar-refractivity contribution in [2.45, 2.75) is 18.6 Å². The molecule has 0 aliphatic carbocycles. The van der Waals surface area contributed by atoms with Crippen molar-refractivity contribution in [3.05, 3.63) is 0 Å². The largest absolute Gasteiger partial charge is 0.375 e. The fraction of sp³-hybridized carbons (Fsp3) is 0.800. The molecule has 4 heteroatoms. The van der Waals surface area contributed by atoms with E-state index < -0.39 is 0 Å². The highest BCUT2D eigenvalue weighted by Gasteiger charge is 2.33. The molecule has 0 spiro atoms. The van der Waals surface area contributed by atoms with Gasteiger partial charge in [-0.15, -0.1) is 0 Å². The van der Waals surface area contributed by atoms with E-state index in [1.807, 2.05) is 0 Å². The minimum Gasteiger partial charge on any atom is -0.375 e. The lowest BCUT2D eigenvalue weighted by molar-refractivity contribution is -0.0777. The number of hydrogen-bond donors (Lipinski definition) is 1. The van der Waals surface area contributed by atoms with Crippen LogP contribution in [0.2, 0.25) is 0 Å². The van der Waals surface area contributed by atoms with Crippen molar-refractivity contribution in [3.8, 4) is 9.85 Å². The van der Waals surface area contributed by atoms with Gasteiger partial charge in [0, 0.05) is 41.7 Å². The van der Waals surface area contributed by atoms with Crippen molar-refractivity contribution in [3.63, 3.8) is 0 Å². The lowest BCUT2D eigenvalue weighted by Crippen LogP contribution is -2.59. The van der Waals surface area contributed by atoms with E-state index in [0.29, 0.717) is 12.1 Å². The molecule has 2 rings (SSSR count). The van der Waals surface area contributed by atoms with E-state index in [4.69, 9.17) is 4.74 Å². The fourth-order valence-electron chi connectivity index (χ4n) is 2.19. The minimum absolute atomic E-state index is 0.431. The number of fused-ring (bicyclic) bond motifs is 1. The van der Waals surface area contributed by atoms with Crippen LogP contribution in [-0.4, -0.2) is 49.8 Å². The first-order valence-corrected chi connectivity index (χ1v) is 6.14. The number of halogens is 1. The molecule has 78 valence electrons. The highest BCUT2D eigenvalue weighted by atomic mass is 127. The summed E-state index contributed by atoms with van der Waals surface area (Å²) in [5.74, 6) is 3.13. The standard InChI is InChI=1S/C10H15IN2O/c11-3-1-5-13-6-7-14-10-2-4-12-8-9(10)13/h9-10,12H,2,4-8H2. The van der Waals surface area contributed by atoms with E-state index in [2.05, 4.69) is 42.7 Å². The number of hydrogen-bond acceptors (Lipinski definition) is 3. The molecule has 2 aliphatic heterocycles. The van der Waals surface area contributed by atoms with Crippen LogP contribution in [0.3, 0.4) is 0 Å². The summed E-state index contributed by atoms with van der Waals surface area (Å²) < 4.78 is 8.69. The maximum Gasteiger partial charge on any atom is 0.0755 e. The molecule has 2 saturated heterocycles. The number of nitrogens with one attached hydrogen (secondary N) is 1. The Labute approximate surface area is 98.7 Å². The lowest BCUT2D eigenvalue weighted by Gasteiger charge is -2.43. The molecule has 2 atom stereocenters. The summed E-state index contributed by atoms with van der Waals surface area (Å²) in [6.07, 6.45) is 1.57. The average Bonchev–Trinajstić information content (AvgIpc) is 2.26. The molecular formula is C10H15IN2O. The molecule has 3 nitrogen and oxygen atoms in total. The highest BCUT2D eigenvalue weighted by Crippen LogP contribution is 2.18. The van der Waals surface area contributed by atoms with E-state index >= 15 is 0 Å². The van der Waals surface area contributed by atoms with Gasteiger partial charge in [-0.25, -0.2) is 0 Å². The third kappa shape index (κ3) is 2.40. The van der Waals surface area contributed by atoms with Crippen LogP contribution in [0.25, 0.3) is 0 Å². The van der Waals surface area contributed by atoms with Gasteiger partial charge in [0.2, 0.25) is 0 Å². The lowest BCUT2D eigenvalue weighted by atomic mass is 10.0. The van der Waals surface area contributed by atoms with Gasteiger partial charge in [0.25, 0.3) is 0 Å². The van der Waals surface area contributed by atoms with Gasteiger partial charge >= 0.3 is 0 Å². The van der Waals surface area contributed by atoms with Gasteiger partial charge in [0.05, 0.1) is 19.3 Å². The van der Waals surface area contributed by atoms with Crippen LogP contribution in [0, 0.1) is 9.85 Å². The Morgan fingerprint density at radius 2 is 2.50 bits per heavy atom. The zero-order valence-corrected chi connectivity index (χ0v) is 10.3. The van der Waals surface area contributed by atoms with Gasteiger partial charge in [-0.1, -0.05) is 5.92 Å². The molecule has 0 amide bonds. The first-order valence-electron chi connectivity index (χ1n) is 5.06. The molecule has 2 fully saturated rings. The molecule has 2 unspecified atom stereocenters. The van der Waals surface area contributed by atoms with Crippen molar-refractivity contribution in [2.75, 3.05) is 32.8 Å². The minimum atomic E-state index is 0.431. The summed E-state index contributed by atoms with van der Waals surface area (Å²) >= 11 is 2.10.